The summed E-state index contributed by atoms with van der Waals surface area (Å²) < 4.78 is 37.2. The molecular weight excluding hydrogens is 211 g/mol. The number of hydrogen-bond acceptors (Lipinski definition) is 2. The molecule has 1 rings (SSSR count). The number of carbonyl (C=O) groups excluding carboxylic acids is 1. The molecule has 0 heterocycles. The predicted molar refractivity (Wildman–Crippen MR) is 47.8 cm³/mol. The van der Waals surface area contributed by atoms with Crippen LogP contribution in [0.5, 0.6) is 0 Å². The van der Waals surface area contributed by atoms with E-state index in [-0.39, 0.29) is 5.69 Å². The van der Waals surface area contributed by atoms with Gasteiger partial charge in [-0.15, -0.1) is 0 Å². The van der Waals surface area contributed by atoms with Crippen molar-refractivity contribution >= 4 is 11.7 Å². The van der Waals surface area contributed by atoms with E-state index in [1.54, 1.807) is 5.43 Å². The molecule has 0 saturated heterocycles. The van der Waals surface area contributed by atoms with Crippen molar-refractivity contribution in [3.8, 4) is 0 Å². The third-order valence-corrected chi connectivity index (χ3v) is 1.61. The largest absolute Gasteiger partial charge is 0.418 e. The molecule has 0 unspecified atom stereocenters. The molecule has 0 fully saturated rings. The van der Waals surface area contributed by atoms with Gasteiger partial charge in [-0.25, -0.2) is 10.6 Å². The first-order valence-electron chi connectivity index (χ1n) is 3.89. The molecule has 0 atom stereocenters. The Kier molecular flexibility index (Phi) is 3.15. The van der Waals surface area contributed by atoms with E-state index in [4.69, 9.17) is 5.84 Å². The molecule has 2 amide bonds. The van der Waals surface area contributed by atoms with Gasteiger partial charge in [0.05, 0.1) is 11.3 Å². The smallest absolute Gasteiger partial charge is 0.306 e. The number of para-hydroxylation sites is 1. The highest BCUT2D eigenvalue weighted by molar-refractivity contribution is 5.89. The van der Waals surface area contributed by atoms with Crippen molar-refractivity contribution in [2.45, 2.75) is 6.18 Å². The Balaban J connectivity index is 3.02. The van der Waals surface area contributed by atoms with Crippen LogP contribution < -0.4 is 16.6 Å². The van der Waals surface area contributed by atoms with Crippen molar-refractivity contribution in [3.63, 3.8) is 0 Å². The van der Waals surface area contributed by atoms with Crippen molar-refractivity contribution < 1.29 is 18.0 Å². The summed E-state index contributed by atoms with van der Waals surface area (Å²) in [6.07, 6.45) is -4.52. The minimum absolute atomic E-state index is 0.340. The Morgan fingerprint density at radius 1 is 1.27 bits per heavy atom. The average molecular weight is 219 g/mol. The summed E-state index contributed by atoms with van der Waals surface area (Å²) in [7, 11) is 0. The van der Waals surface area contributed by atoms with Gasteiger partial charge in [-0.05, 0) is 12.1 Å². The third kappa shape index (κ3) is 2.84. The number of carbonyl (C=O) groups is 1. The van der Waals surface area contributed by atoms with Gasteiger partial charge in [-0.1, -0.05) is 12.1 Å². The van der Waals surface area contributed by atoms with Gasteiger partial charge in [0, 0.05) is 0 Å². The number of alkyl halides is 3. The van der Waals surface area contributed by atoms with Crippen LogP contribution in [0.4, 0.5) is 23.7 Å². The normalized spacial score (nSPS) is 10.9. The Morgan fingerprint density at radius 2 is 1.87 bits per heavy atom. The number of benzene rings is 1. The molecule has 1 aromatic carbocycles. The number of anilines is 1. The molecule has 4 N–H and O–H groups in total. The maximum Gasteiger partial charge on any atom is 0.418 e. The fourth-order valence-electron chi connectivity index (χ4n) is 0.998. The van der Waals surface area contributed by atoms with E-state index in [1.165, 1.54) is 12.1 Å². The van der Waals surface area contributed by atoms with Gasteiger partial charge >= 0.3 is 12.2 Å². The fraction of sp³-hybridized carbons (Fsp3) is 0.125. The molecule has 82 valence electrons. The van der Waals surface area contributed by atoms with Gasteiger partial charge < -0.3 is 5.32 Å². The Labute approximate surface area is 83.2 Å². The molecular formula is C8H8F3N3O. The average Bonchev–Trinajstić information content (AvgIpc) is 2.17. The minimum Gasteiger partial charge on any atom is -0.306 e. The lowest BCUT2D eigenvalue weighted by Gasteiger charge is -2.12. The second-order valence-corrected chi connectivity index (χ2v) is 2.64. The lowest BCUT2D eigenvalue weighted by Crippen LogP contribution is -2.34. The zero-order valence-electron chi connectivity index (χ0n) is 7.43. The Hall–Kier alpha value is -1.76. The number of urea groups is 1. The molecule has 7 heteroatoms. The van der Waals surface area contributed by atoms with Crippen molar-refractivity contribution in [1.29, 1.82) is 0 Å². The van der Waals surface area contributed by atoms with Gasteiger partial charge in [0.15, 0.2) is 0 Å². The Bertz CT molecular complexity index is 364. The highest BCUT2D eigenvalue weighted by Gasteiger charge is 2.33. The van der Waals surface area contributed by atoms with Crippen LogP contribution in [0.1, 0.15) is 5.56 Å². The van der Waals surface area contributed by atoms with Crippen LogP contribution in [0.3, 0.4) is 0 Å². The lowest BCUT2D eigenvalue weighted by molar-refractivity contribution is -0.136. The van der Waals surface area contributed by atoms with E-state index in [0.717, 1.165) is 12.1 Å². The van der Waals surface area contributed by atoms with Gasteiger partial charge in [-0.3, -0.25) is 5.43 Å². The summed E-state index contributed by atoms with van der Waals surface area (Å²) in [5.74, 6) is 4.74. The SMILES string of the molecule is NNC(=O)Nc1ccccc1C(F)(F)F. The first kappa shape index (κ1) is 11.3. The van der Waals surface area contributed by atoms with E-state index in [0.29, 0.717) is 0 Å². The zero-order chi connectivity index (χ0) is 11.5. The van der Waals surface area contributed by atoms with Gasteiger partial charge in [0.1, 0.15) is 0 Å². The minimum atomic E-state index is -4.52. The maximum atomic E-state index is 12.4. The molecule has 0 spiro atoms. The zero-order valence-corrected chi connectivity index (χ0v) is 7.43. The molecule has 4 nitrogen and oxygen atoms in total. The summed E-state index contributed by atoms with van der Waals surface area (Å²) in [5, 5.41) is 1.97. The summed E-state index contributed by atoms with van der Waals surface area (Å²) in [5.41, 5.74) is 0.412. The number of hydrazine groups is 1. The van der Waals surface area contributed by atoms with Crippen LogP contribution >= 0.6 is 0 Å². The summed E-state index contributed by atoms with van der Waals surface area (Å²) in [6, 6.07) is 3.70. The van der Waals surface area contributed by atoms with Gasteiger partial charge in [0.2, 0.25) is 0 Å². The van der Waals surface area contributed by atoms with Crippen LogP contribution in [0.25, 0.3) is 0 Å². The van der Waals surface area contributed by atoms with Crippen molar-refractivity contribution in [2.75, 3.05) is 5.32 Å². The topological polar surface area (TPSA) is 67.1 Å². The number of nitrogens with one attached hydrogen (secondary N) is 2. The van der Waals surface area contributed by atoms with Crippen LogP contribution in [-0.2, 0) is 6.18 Å². The van der Waals surface area contributed by atoms with Crippen LogP contribution in [0.2, 0.25) is 0 Å². The van der Waals surface area contributed by atoms with Crippen molar-refractivity contribution in [2.24, 2.45) is 5.84 Å². The number of hydrogen-bond donors (Lipinski definition) is 3. The summed E-state index contributed by atoms with van der Waals surface area (Å²) in [4.78, 5) is 10.7. The van der Waals surface area contributed by atoms with E-state index in [1.807, 2.05) is 5.32 Å². The van der Waals surface area contributed by atoms with Crippen LogP contribution in [0, 0.1) is 0 Å². The second-order valence-electron chi connectivity index (χ2n) is 2.64. The van der Waals surface area contributed by atoms with Crippen LogP contribution in [0.15, 0.2) is 24.3 Å². The van der Waals surface area contributed by atoms with Crippen molar-refractivity contribution in [3.05, 3.63) is 29.8 Å². The molecule has 0 bridgehead atoms. The summed E-state index contributed by atoms with van der Waals surface area (Å²) >= 11 is 0. The summed E-state index contributed by atoms with van der Waals surface area (Å²) in [6.45, 7) is 0. The van der Waals surface area contributed by atoms with Gasteiger partial charge in [0.25, 0.3) is 0 Å². The van der Waals surface area contributed by atoms with E-state index in [2.05, 4.69) is 0 Å². The standard InChI is InChI=1S/C8H8F3N3O/c9-8(10,11)5-3-1-2-4-6(5)13-7(15)14-12/h1-4H,12H2,(H2,13,14,15). The fourth-order valence-corrected chi connectivity index (χ4v) is 0.998. The quantitative estimate of drug-likeness (QED) is 0.382. The van der Waals surface area contributed by atoms with E-state index < -0.39 is 17.8 Å². The number of rotatable bonds is 1. The van der Waals surface area contributed by atoms with Crippen LogP contribution in [-0.4, -0.2) is 6.03 Å². The van der Waals surface area contributed by atoms with E-state index in [9.17, 15) is 18.0 Å². The molecule has 0 aliphatic heterocycles. The van der Waals surface area contributed by atoms with Gasteiger partial charge in [-0.2, -0.15) is 13.2 Å². The molecule has 0 aliphatic carbocycles. The third-order valence-electron chi connectivity index (χ3n) is 1.61. The molecule has 15 heavy (non-hydrogen) atoms. The molecule has 1 aromatic rings. The number of amides is 2. The number of nitrogens with two attached hydrogens (primary N) is 1. The highest BCUT2D eigenvalue weighted by Crippen LogP contribution is 2.34. The monoisotopic (exact) mass is 219 g/mol. The highest BCUT2D eigenvalue weighted by atomic mass is 19.4. The maximum absolute atomic E-state index is 12.4. The lowest BCUT2D eigenvalue weighted by atomic mass is 10.1. The Morgan fingerprint density at radius 3 is 2.40 bits per heavy atom. The first-order valence-corrected chi connectivity index (χ1v) is 3.89. The van der Waals surface area contributed by atoms with Crippen molar-refractivity contribution in [1.82, 2.24) is 5.43 Å². The molecule has 0 aromatic heterocycles. The molecule has 0 radical (unpaired) electrons. The molecule has 0 aliphatic rings. The number of halogens is 3. The molecule has 0 saturated carbocycles. The second kappa shape index (κ2) is 4.18. The first-order chi connectivity index (χ1) is 6.95. The predicted octanol–water partition coefficient (Wildman–Crippen LogP) is 1.70. The van der Waals surface area contributed by atoms with E-state index >= 15 is 0 Å².